The summed E-state index contributed by atoms with van der Waals surface area (Å²) in [5.74, 6) is -1.37. The fraction of sp³-hybridized carbons (Fsp3) is 0.318. The summed E-state index contributed by atoms with van der Waals surface area (Å²) in [6.45, 7) is 0.316. The standard InChI is InChI=1S/C22H24N2O5/c25-20(16-29-19-11-5-2-6-12-19)23-13-7-8-17(14-23)22(28)24(15-21(26)27)18-9-3-1-4-10-18/h1-6,9-12,17H,7-8,13-16H2,(H,26,27). The van der Waals surface area contributed by atoms with Crippen molar-refractivity contribution in [3.63, 3.8) is 0 Å². The number of carbonyl (C=O) groups is 3. The van der Waals surface area contributed by atoms with E-state index in [-0.39, 0.29) is 25.0 Å². The van der Waals surface area contributed by atoms with Gasteiger partial charge in [0.25, 0.3) is 5.91 Å². The Labute approximate surface area is 169 Å². The molecule has 2 aromatic rings. The number of anilines is 1. The zero-order chi connectivity index (χ0) is 20.6. The summed E-state index contributed by atoms with van der Waals surface area (Å²) in [4.78, 5) is 39.8. The second kappa shape index (κ2) is 9.73. The Balaban J connectivity index is 1.64. The number of carbonyl (C=O) groups excluding carboxylic acids is 2. The van der Waals surface area contributed by atoms with Crippen LogP contribution >= 0.6 is 0 Å². The molecule has 1 saturated heterocycles. The summed E-state index contributed by atoms with van der Waals surface area (Å²) in [6, 6.07) is 17.8. The molecule has 2 aromatic carbocycles. The molecule has 0 aliphatic carbocycles. The Hall–Kier alpha value is -3.35. The molecule has 7 nitrogen and oxygen atoms in total. The molecule has 29 heavy (non-hydrogen) atoms. The van der Waals surface area contributed by atoms with Crippen molar-refractivity contribution >= 4 is 23.5 Å². The van der Waals surface area contributed by atoms with E-state index in [4.69, 9.17) is 4.74 Å². The first-order valence-corrected chi connectivity index (χ1v) is 9.58. The maximum Gasteiger partial charge on any atom is 0.323 e. The van der Waals surface area contributed by atoms with Crippen molar-refractivity contribution in [1.82, 2.24) is 4.90 Å². The Bertz CT molecular complexity index is 841. The van der Waals surface area contributed by atoms with Gasteiger partial charge in [-0.3, -0.25) is 14.4 Å². The first kappa shape index (κ1) is 20.4. The number of hydrogen-bond acceptors (Lipinski definition) is 4. The number of hydrogen-bond donors (Lipinski definition) is 1. The van der Waals surface area contributed by atoms with E-state index in [9.17, 15) is 19.5 Å². The minimum absolute atomic E-state index is 0.0948. The smallest absolute Gasteiger partial charge is 0.323 e. The van der Waals surface area contributed by atoms with Gasteiger partial charge in [0.2, 0.25) is 5.91 Å². The van der Waals surface area contributed by atoms with Crippen molar-refractivity contribution in [3.05, 3.63) is 60.7 Å². The summed E-state index contributed by atoms with van der Waals surface area (Å²) < 4.78 is 5.52. The molecular formula is C22H24N2O5. The lowest BCUT2D eigenvalue weighted by Crippen LogP contribution is -2.49. The second-order valence-electron chi connectivity index (χ2n) is 6.93. The number of carboxylic acid groups (broad SMARTS) is 1. The lowest BCUT2D eigenvalue weighted by atomic mass is 9.96. The predicted molar refractivity (Wildman–Crippen MR) is 108 cm³/mol. The molecule has 1 heterocycles. The first-order chi connectivity index (χ1) is 14.0. The van der Waals surface area contributed by atoms with Crippen molar-refractivity contribution in [3.8, 4) is 5.75 Å². The number of piperidine rings is 1. The normalized spacial score (nSPS) is 16.1. The Morgan fingerprint density at radius 3 is 2.34 bits per heavy atom. The monoisotopic (exact) mass is 396 g/mol. The van der Waals surface area contributed by atoms with E-state index in [0.29, 0.717) is 30.8 Å². The molecule has 1 unspecified atom stereocenters. The van der Waals surface area contributed by atoms with Crippen molar-refractivity contribution in [2.75, 3.05) is 31.1 Å². The maximum absolute atomic E-state index is 13.1. The fourth-order valence-electron chi connectivity index (χ4n) is 3.42. The molecule has 1 aliphatic heterocycles. The van der Waals surface area contributed by atoms with Crippen molar-refractivity contribution < 1.29 is 24.2 Å². The van der Waals surface area contributed by atoms with Gasteiger partial charge in [-0.2, -0.15) is 0 Å². The van der Waals surface area contributed by atoms with Gasteiger partial charge >= 0.3 is 5.97 Å². The molecule has 1 aliphatic rings. The van der Waals surface area contributed by atoms with Crippen molar-refractivity contribution in [2.45, 2.75) is 12.8 Å². The lowest BCUT2D eigenvalue weighted by Gasteiger charge is -2.34. The van der Waals surface area contributed by atoms with E-state index in [1.807, 2.05) is 18.2 Å². The lowest BCUT2D eigenvalue weighted by molar-refractivity contribution is -0.139. The van der Waals surface area contributed by atoms with Gasteiger partial charge in [0.05, 0.1) is 5.92 Å². The molecule has 0 radical (unpaired) electrons. The Kier molecular flexibility index (Phi) is 6.84. The number of rotatable bonds is 7. The summed E-state index contributed by atoms with van der Waals surface area (Å²) in [6.07, 6.45) is 1.30. The zero-order valence-corrected chi connectivity index (χ0v) is 16.1. The van der Waals surface area contributed by atoms with Gasteiger partial charge in [0.1, 0.15) is 12.3 Å². The SMILES string of the molecule is O=C(O)CN(C(=O)C1CCCN(C(=O)COc2ccccc2)C1)c1ccccc1. The van der Waals surface area contributed by atoms with Gasteiger partial charge in [-0.05, 0) is 37.1 Å². The molecule has 3 rings (SSSR count). The molecule has 0 aromatic heterocycles. The van der Waals surface area contributed by atoms with Gasteiger partial charge in [-0.1, -0.05) is 36.4 Å². The van der Waals surface area contributed by atoms with E-state index in [1.165, 1.54) is 4.90 Å². The summed E-state index contributed by atoms with van der Waals surface area (Å²) >= 11 is 0. The number of benzene rings is 2. The third-order valence-electron chi connectivity index (χ3n) is 4.86. The summed E-state index contributed by atoms with van der Waals surface area (Å²) in [5.41, 5.74) is 0.538. The van der Waals surface area contributed by atoms with Crippen LogP contribution in [0.15, 0.2) is 60.7 Å². The largest absolute Gasteiger partial charge is 0.484 e. The second-order valence-corrected chi connectivity index (χ2v) is 6.93. The third-order valence-corrected chi connectivity index (χ3v) is 4.86. The van der Waals surface area contributed by atoms with Crippen molar-refractivity contribution in [2.24, 2.45) is 5.92 Å². The molecule has 1 atom stereocenters. The Morgan fingerprint density at radius 2 is 1.69 bits per heavy atom. The third kappa shape index (κ3) is 5.57. The highest BCUT2D eigenvalue weighted by Gasteiger charge is 2.32. The predicted octanol–water partition coefficient (Wildman–Crippen LogP) is 2.42. The van der Waals surface area contributed by atoms with Crippen LogP contribution in [-0.4, -0.2) is 54.0 Å². The first-order valence-electron chi connectivity index (χ1n) is 9.58. The number of aliphatic carboxylic acids is 1. The number of carboxylic acids is 1. The fourth-order valence-corrected chi connectivity index (χ4v) is 3.42. The average molecular weight is 396 g/mol. The highest BCUT2D eigenvalue weighted by molar-refractivity contribution is 5.99. The number of ether oxygens (including phenoxy) is 1. The van der Waals surface area contributed by atoms with Gasteiger partial charge in [0, 0.05) is 18.8 Å². The van der Waals surface area contributed by atoms with Crippen LogP contribution in [0.5, 0.6) is 5.75 Å². The van der Waals surface area contributed by atoms with E-state index >= 15 is 0 Å². The number of likely N-dealkylation sites (tertiary alicyclic amines) is 1. The summed E-state index contributed by atoms with van der Waals surface area (Å²) in [5, 5.41) is 9.24. The van der Waals surface area contributed by atoms with E-state index in [1.54, 1.807) is 47.4 Å². The van der Waals surface area contributed by atoms with Crippen LogP contribution in [0.2, 0.25) is 0 Å². The average Bonchev–Trinajstić information content (AvgIpc) is 2.76. The van der Waals surface area contributed by atoms with Crippen molar-refractivity contribution in [1.29, 1.82) is 0 Å². The highest BCUT2D eigenvalue weighted by Crippen LogP contribution is 2.23. The van der Waals surface area contributed by atoms with E-state index < -0.39 is 18.4 Å². The molecule has 0 spiro atoms. The molecular weight excluding hydrogens is 372 g/mol. The van der Waals surface area contributed by atoms with Crippen LogP contribution < -0.4 is 9.64 Å². The molecule has 2 amide bonds. The van der Waals surface area contributed by atoms with Crippen LogP contribution in [0.25, 0.3) is 0 Å². The van der Waals surface area contributed by atoms with Crippen LogP contribution in [-0.2, 0) is 14.4 Å². The Morgan fingerprint density at radius 1 is 1.03 bits per heavy atom. The van der Waals surface area contributed by atoms with Gasteiger partial charge in [0.15, 0.2) is 6.61 Å². The summed E-state index contributed by atoms with van der Waals surface area (Å²) in [7, 11) is 0. The van der Waals surface area contributed by atoms with Crippen LogP contribution in [0.3, 0.4) is 0 Å². The van der Waals surface area contributed by atoms with Crippen LogP contribution in [0.4, 0.5) is 5.69 Å². The molecule has 1 N–H and O–H groups in total. The van der Waals surface area contributed by atoms with Gasteiger partial charge < -0.3 is 19.6 Å². The molecule has 7 heteroatoms. The van der Waals surface area contributed by atoms with Crippen LogP contribution in [0, 0.1) is 5.92 Å². The molecule has 1 fully saturated rings. The number of amides is 2. The highest BCUT2D eigenvalue weighted by atomic mass is 16.5. The maximum atomic E-state index is 13.1. The molecule has 0 bridgehead atoms. The number of nitrogens with zero attached hydrogens (tertiary/aromatic N) is 2. The number of para-hydroxylation sites is 2. The quantitative estimate of drug-likeness (QED) is 0.777. The van der Waals surface area contributed by atoms with Gasteiger partial charge in [-0.15, -0.1) is 0 Å². The minimum Gasteiger partial charge on any atom is -0.484 e. The molecule has 0 saturated carbocycles. The van der Waals surface area contributed by atoms with Gasteiger partial charge in [-0.25, -0.2) is 0 Å². The van der Waals surface area contributed by atoms with E-state index in [0.717, 1.165) is 0 Å². The zero-order valence-electron chi connectivity index (χ0n) is 16.1. The topological polar surface area (TPSA) is 87.2 Å². The minimum atomic E-state index is -1.08. The molecule has 152 valence electrons. The van der Waals surface area contributed by atoms with Crippen LogP contribution in [0.1, 0.15) is 12.8 Å². The van der Waals surface area contributed by atoms with E-state index in [2.05, 4.69) is 0 Å².